The summed E-state index contributed by atoms with van der Waals surface area (Å²) in [6, 6.07) is 8.31. The van der Waals surface area contributed by atoms with E-state index in [1.807, 2.05) is 6.92 Å². The molecule has 6 nitrogen and oxygen atoms in total. The lowest BCUT2D eigenvalue weighted by molar-refractivity contribution is -0.102. The van der Waals surface area contributed by atoms with Crippen LogP contribution in [0, 0.1) is 6.92 Å². The van der Waals surface area contributed by atoms with Crippen molar-refractivity contribution in [2.24, 2.45) is 0 Å². The van der Waals surface area contributed by atoms with E-state index in [1.54, 1.807) is 6.07 Å². The number of benzene rings is 1. The Kier molecular flexibility index (Phi) is 5.06. The Morgan fingerprint density at radius 1 is 1.14 bits per heavy atom. The quantitative estimate of drug-likeness (QED) is 0.796. The zero-order valence-corrected chi connectivity index (χ0v) is 17.0. The smallest absolute Gasteiger partial charge is 0.197 e. The molecule has 0 amide bonds. The summed E-state index contributed by atoms with van der Waals surface area (Å²) in [6.07, 6.45) is 3.39. The number of aryl methyl sites for hydroxylation is 1. The van der Waals surface area contributed by atoms with Crippen LogP contribution in [0.15, 0.2) is 29.1 Å². The lowest BCUT2D eigenvalue weighted by Crippen LogP contribution is -2.34. The lowest BCUT2D eigenvalue weighted by atomic mass is 9.94. The molecule has 3 aliphatic rings. The molecule has 6 heteroatoms. The molecule has 29 heavy (non-hydrogen) atoms. The minimum Gasteiger partial charge on any atom is -0.476 e. The topological polar surface area (TPSA) is 52.9 Å². The summed E-state index contributed by atoms with van der Waals surface area (Å²) < 4.78 is 19.3. The van der Waals surface area contributed by atoms with Crippen LogP contribution in [0.25, 0.3) is 11.3 Å². The predicted molar refractivity (Wildman–Crippen MR) is 112 cm³/mol. The molecular formula is C23H28N2O4. The van der Waals surface area contributed by atoms with Crippen LogP contribution < -0.4 is 15.1 Å². The molecule has 2 aromatic rings. The number of hydrogen-bond acceptors (Lipinski definition) is 5. The van der Waals surface area contributed by atoms with Gasteiger partial charge in [0.05, 0.1) is 25.5 Å². The van der Waals surface area contributed by atoms with E-state index in [9.17, 15) is 4.79 Å². The first-order chi connectivity index (χ1) is 14.2. The van der Waals surface area contributed by atoms with E-state index in [1.165, 1.54) is 24.1 Å². The Bertz CT molecular complexity index is 956. The van der Waals surface area contributed by atoms with Gasteiger partial charge in [-0.05, 0) is 43.9 Å². The monoisotopic (exact) mass is 396 g/mol. The summed E-state index contributed by atoms with van der Waals surface area (Å²) >= 11 is 0. The first-order valence-electron chi connectivity index (χ1n) is 10.7. The number of aromatic nitrogens is 1. The highest BCUT2D eigenvalue weighted by Crippen LogP contribution is 2.36. The third kappa shape index (κ3) is 3.55. The van der Waals surface area contributed by atoms with Crippen molar-refractivity contribution in [3.05, 3.63) is 45.6 Å². The fraction of sp³-hybridized carbons (Fsp3) is 0.522. The second kappa shape index (κ2) is 7.84. The van der Waals surface area contributed by atoms with Crippen molar-refractivity contribution in [1.82, 2.24) is 4.57 Å². The molecule has 0 bridgehead atoms. The molecule has 1 atom stereocenters. The second-order valence-corrected chi connectivity index (χ2v) is 8.14. The van der Waals surface area contributed by atoms with E-state index in [-0.39, 0.29) is 11.5 Å². The number of hydrogen-bond donors (Lipinski definition) is 0. The molecule has 2 fully saturated rings. The van der Waals surface area contributed by atoms with Crippen molar-refractivity contribution in [3.8, 4) is 17.1 Å². The first-order valence-corrected chi connectivity index (χ1v) is 10.7. The molecule has 1 aromatic carbocycles. The SMILES string of the molecule is Cc1c2n(c(OC[C@@H]3COCCO3)cc1=O)CCc1cc(N3CCCC3)ccc1-2. The highest BCUT2D eigenvalue weighted by Gasteiger charge is 2.24. The molecule has 5 rings (SSSR count). The van der Waals surface area contributed by atoms with Crippen LogP contribution in [-0.4, -0.2) is 50.2 Å². The maximum atomic E-state index is 12.7. The van der Waals surface area contributed by atoms with Gasteiger partial charge < -0.3 is 23.7 Å². The van der Waals surface area contributed by atoms with Crippen molar-refractivity contribution in [2.45, 2.75) is 38.8 Å². The van der Waals surface area contributed by atoms with Gasteiger partial charge in [0.1, 0.15) is 12.7 Å². The normalized spacial score (nSPS) is 21.0. The summed E-state index contributed by atoms with van der Waals surface area (Å²) in [5.41, 5.74) is 5.56. The van der Waals surface area contributed by atoms with Crippen LogP contribution in [0.2, 0.25) is 0 Å². The van der Waals surface area contributed by atoms with Gasteiger partial charge in [-0.2, -0.15) is 0 Å². The first kappa shape index (κ1) is 18.7. The minimum atomic E-state index is -0.0877. The minimum absolute atomic E-state index is 0.0172. The number of rotatable bonds is 4. The van der Waals surface area contributed by atoms with Crippen LogP contribution in [0.4, 0.5) is 5.69 Å². The van der Waals surface area contributed by atoms with Crippen LogP contribution in [0.3, 0.4) is 0 Å². The fourth-order valence-electron chi connectivity index (χ4n) is 4.65. The van der Waals surface area contributed by atoms with Gasteiger partial charge in [0.2, 0.25) is 0 Å². The lowest BCUT2D eigenvalue weighted by Gasteiger charge is -2.29. The van der Waals surface area contributed by atoms with E-state index in [4.69, 9.17) is 14.2 Å². The molecule has 0 saturated carbocycles. The fourth-order valence-corrected chi connectivity index (χ4v) is 4.65. The molecule has 4 heterocycles. The van der Waals surface area contributed by atoms with Gasteiger partial charge in [0, 0.05) is 42.5 Å². The zero-order chi connectivity index (χ0) is 19.8. The third-order valence-corrected chi connectivity index (χ3v) is 6.24. The summed E-state index contributed by atoms with van der Waals surface area (Å²) in [4.78, 5) is 15.2. The molecular weight excluding hydrogens is 368 g/mol. The molecule has 3 aliphatic heterocycles. The number of pyridine rings is 1. The van der Waals surface area contributed by atoms with Gasteiger partial charge in [0.25, 0.3) is 0 Å². The Hall–Kier alpha value is -2.31. The predicted octanol–water partition coefficient (Wildman–Crippen LogP) is 2.77. The molecule has 0 radical (unpaired) electrons. The van der Waals surface area contributed by atoms with Gasteiger partial charge in [0.15, 0.2) is 11.3 Å². The van der Waals surface area contributed by atoms with E-state index in [0.717, 1.165) is 42.9 Å². The summed E-state index contributed by atoms with van der Waals surface area (Å²) in [6.45, 7) is 7.15. The van der Waals surface area contributed by atoms with Crippen LogP contribution in [-0.2, 0) is 22.4 Å². The number of ether oxygens (including phenoxy) is 3. The molecule has 0 N–H and O–H groups in total. The Morgan fingerprint density at radius 2 is 2.00 bits per heavy atom. The molecule has 1 aromatic heterocycles. The maximum absolute atomic E-state index is 12.7. The molecule has 2 saturated heterocycles. The Labute approximate surface area is 171 Å². The summed E-state index contributed by atoms with van der Waals surface area (Å²) in [7, 11) is 0. The van der Waals surface area contributed by atoms with E-state index in [0.29, 0.717) is 32.3 Å². The Balaban J connectivity index is 1.47. The standard InChI is InChI=1S/C23H28N2O4/c1-16-21(26)13-22(29-15-19-14-27-10-11-28-19)25-9-6-17-12-18(24-7-2-3-8-24)4-5-20(17)23(16)25/h4-5,12-13,19H,2-3,6-11,14-15H2,1H3/t19-/m0/s1. The largest absolute Gasteiger partial charge is 0.476 e. The van der Waals surface area contributed by atoms with Crippen LogP contribution in [0.1, 0.15) is 24.0 Å². The zero-order valence-electron chi connectivity index (χ0n) is 17.0. The van der Waals surface area contributed by atoms with Gasteiger partial charge >= 0.3 is 0 Å². The Morgan fingerprint density at radius 3 is 2.79 bits per heavy atom. The van der Waals surface area contributed by atoms with Crippen LogP contribution >= 0.6 is 0 Å². The maximum Gasteiger partial charge on any atom is 0.197 e. The highest BCUT2D eigenvalue weighted by molar-refractivity contribution is 5.72. The van der Waals surface area contributed by atoms with E-state index >= 15 is 0 Å². The number of anilines is 1. The van der Waals surface area contributed by atoms with Crippen molar-refractivity contribution in [3.63, 3.8) is 0 Å². The van der Waals surface area contributed by atoms with E-state index < -0.39 is 0 Å². The molecule has 0 unspecified atom stereocenters. The van der Waals surface area contributed by atoms with Crippen molar-refractivity contribution < 1.29 is 14.2 Å². The molecule has 0 spiro atoms. The van der Waals surface area contributed by atoms with Gasteiger partial charge in [-0.15, -0.1) is 0 Å². The average Bonchev–Trinajstić information content (AvgIpc) is 3.30. The van der Waals surface area contributed by atoms with Crippen molar-refractivity contribution in [2.75, 3.05) is 44.4 Å². The van der Waals surface area contributed by atoms with E-state index in [2.05, 4.69) is 27.7 Å². The van der Waals surface area contributed by atoms with Crippen molar-refractivity contribution in [1.29, 1.82) is 0 Å². The average molecular weight is 396 g/mol. The summed E-state index contributed by atoms with van der Waals surface area (Å²) in [5, 5.41) is 0. The van der Waals surface area contributed by atoms with Gasteiger partial charge in [-0.1, -0.05) is 6.07 Å². The summed E-state index contributed by atoms with van der Waals surface area (Å²) in [5.74, 6) is 0.624. The third-order valence-electron chi connectivity index (χ3n) is 6.24. The van der Waals surface area contributed by atoms with Crippen molar-refractivity contribution >= 4 is 5.69 Å². The second-order valence-electron chi connectivity index (χ2n) is 8.14. The molecule has 0 aliphatic carbocycles. The van der Waals surface area contributed by atoms with Gasteiger partial charge in [-0.3, -0.25) is 4.79 Å². The van der Waals surface area contributed by atoms with Crippen LogP contribution in [0.5, 0.6) is 5.88 Å². The van der Waals surface area contributed by atoms with Gasteiger partial charge in [-0.25, -0.2) is 0 Å². The number of nitrogens with zero attached hydrogens (tertiary/aromatic N) is 2. The number of fused-ring (bicyclic) bond motifs is 3. The molecule has 154 valence electrons. The highest BCUT2D eigenvalue weighted by atomic mass is 16.6.